The number of carbonyl (C=O) groups excluding carboxylic acids is 1. The Morgan fingerprint density at radius 2 is 2.00 bits per heavy atom. The van der Waals surface area contributed by atoms with Crippen LogP contribution in [0.1, 0.15) is 34.0 Å². The molecule has 2 aromatic carbocycles. The van der Waals surface area contributed by atoms with Gasteiger partial charge >= 0.3 is 0 Å². The molecule has 2 heterocycles. The molecule has 1 N–H and O–H groups in total. The molecule has 1 aliphatic rings. The number of aliphatic hydroxyl groups is 1. The number of nitrogens with zero attached hydrogens (tertiary/aromatic N) is 2. The molecule has 0 aliphatic carbocycles. The van der Waals surface area contributed by atoms with E-state index >= 15 is 0 Å². The topological polar surface area (TPSA) is 62.7 Å². The molecule has 1 aliphatic heterocycles. The highest BCUT2D eigenvalue weighted by Gasteiger charge is 2.28. The van der Waals surface area contributed by atoms with E-state index in [4.69, 9.17) is 4.74 Å². The average Bonchev–Trinajstić information content (AvgIpc) is 3.45. The fraction of sp³-hybridized carbons (Fsp3) is 0.304. The molecular weight excluding hydrogens is 403 g/mol. The molecule has 3 aromatic rings. The summed E-state index contributed by atoms with van der Waals surface area (Å²) < 4.78 is 18.8. The predicted octanol–water partition coefficient (Wildman–Crippen LogP) is 3.89. The monoisotopic (exact) mass is 426 g/mol. The van der Waals surface area contributed by atoms with E-state index < -0.39 is 6.10 Å². The van der Waals surface area contributed by atoms with Crippen LogP contribution in [-0.2, 0) is 6.42 Å². The van der Waals surface area contributed by atoms with E-state index in [1.807, 2.05) is 10.3 Å². The van der Waals surface area contributed by atoms with Crippen molar-refractivity contribution in [2.45, 2.75) is 24.9 Å². The molecule has 5 nitrogen and oxygen atoms in total. The van der Waals surface area contributed by atoms with Crippen LogP contribution in [0.4, 0.5) is 4.39 Å². The minimum Gasteiger partial charge on any atom is -0.491 e. The van der Waals surface area contributed by atoms with Crippen LogP contribution < -0.4 is 4.74 Å². The summed E-state index contributed by atoms with van der Waals surface area (Å²) in [6, 6.07) is 13.5. The Hall–Kier alpha value is -2.77. The maximum atomic E-state index is 13.1. The number of likely N-dealkylation sites (tertiary alicyclic amines) is 1. The number of rotatable bonds is 7. The number of ether oxygens (including phenoxy) is 1. The molecule has 0 saturated carbocycles. The number of thiazole rings is 1. The highest BCUT2D eigenvalue weighted by molar-refractivity contribution is 7.07. The number of halogens is 1. The number of carbonyl (C=O) groups is 1. The van der Waals surface area contributed by atoms with Crippen LogP contribution in [0, 0.1) is 5.82 Å². The molecule has 2 atom stereocenters. The summed E-state index contributed by atoms with van der Waals surface area (Å²) in [7, 11) is 0. The van der Waals surface area contributed by atoms with Crippen molar-refractivity contribution in [3.8, 4) is 5.75 Å². The van der Waals surface area contributed by atoms with Crippen LogP contribution in [0.25, 0.3) is 0 Å². The molecule has 1 amide bonds. The highest BCUT2D eigenvalue weighted by atomic mass is 32.1. The molecule has 4 rings (SSSR count). The number of aromatic nitrogens is 1. The second-order valence-corrected chi connectivity index (χ2v) is 8.18. The molecular formula is C23H23FN2O3S. The van der Waals surface area contributed by atoms with Crippen molar-refractivity contribution in [3.05, 3.63) is 82.1 Å². The Balaban J connectivity index is 1.29. The zero-order chi connectivity index (χ0) is 20.9. The van der Waals surface area contributed by atoms with Gasteiger partial charge in [0.25, 0.3) is 5.91 Å². The zero-order valence-electron chi connectivity index (χ0n) is 16.4. The molecule has 1 fully saturated rings. The average molecular weight is 427 g/mol. The number of amides is 1. The van der Waals surface area contributed by atoms with Crippen LogP contribution in [0.3, 0.4) is 0 Å². The quantitative estimate of drug-likeness (QED) is 0.623. The van der Waals surface area contributed by atoms with E-state index in [0.29, 0.717) is 30.8 Å². The Kier molecular flexibility index (Phi) is 6.40. The van der Waals surface area contributed by atoms with Crippen molar-refractivity contribution in [1.82, 2.24) is 9.88 Å². The molecule has 156 valence electrons. The number of hydrogen-bond acceptors (Lipinski definition) is 5. The van der Waals surface area contributed by atoms with Crippen LogP contribution >= 0.6 is 11.3 Å². The smallest absolute Gasteiger partial charge is 0.253 e. The first-order valence-electron chi connectivity index (χ1n) is 9.91. The van der Waals surface area contributed by atoms with Gasteiger partial charge in [0.1, 0.15) is 18.2 Å². The van der Waals surface area contributed by atoms with E-state index in [-0.39, 0.29) is 24.2 Å². The first-order chi connectivity index (χ1) is 14.6. The van der Waals surface area contributed by atoms with Gasteiger partial charge in [0.15, 0.2) is 0 Å². The van der Waals surface area contributed by atoms with E-state index in [1.54, 1.807) is 41.9 Å². The molecule has 7 heteroatoms. The summed E-state index contributed by atoms with van der Waals surface area (Å²) in [5.41, 5.74) is 4.25. The molecule has 0 radical (unpaired) electrons. The van der Waals surface area contributed by atoms with Crippen molar-refractivity contribution >= 4 is 17.2 Å². The van der Waals surface area contributed by atoms with Gasteiger partial charge in [0, 0.05) is 36.4 Å². The Morgan fingerprint density at radius 3 is 2.70 bits per heavy atom. The Bertz CT molecular complexity index is 961. The van der Waals surface area contributed by atoms with Gasteiger partial charge in [-0.3, -0.25) is 4.79 Å². The van der Waals surface area contributed by atoms with Gasteiger partial charge in [0.2, 0.25) is 0 Å². The van der Waals surface area contributed by atoms with Crippen LogP contribution in [0.2, 0.25) is 0 Å². The first kappa shape index (κ1) is 20.5. The molecule has 1 saturated heterocycles. The van der Waals surface area contributed by atoms with Crippen molar-refractivity contribution in [1.29, 1.82) is 0 Å². The molecule has 1 aromatic heterocycles. The summed E-state index contributed by atoms with van der Waals surface area (Å²) in [5.74, 6) is 0.572. The van der Waals surface area contributed by atoms with Gasteiger partial charge < -0.3 is 14.7 Å². The van der Waals surface area contributed by atoms with Crippen molar-refractivity contribution in [2.24, 2.45) is 0 Å². The lowest BCUT2D eigenvalue weighted by Crippen LogP contribution is -2.28. The van der Waals surface area contributed by atoms with Crippen LogP contribution in [0.15, 0.2) is 59.4 Å². The lowest BCUT2D eigenvalue weighted by molar-refractivity contribution is 0.0790. The summed E-state index contributed by atoms with van der Waals surface area (Å²) in [5, 5.41) is 12.0. The third kappa shape index (κ3) is 5.04. The minimum atomic E-state index is -0.638. The molecule has 2 unspecified atom stereocenters. The van der Waals surface area contributed by atoms with Crippen LogP contribution in [-0.4, -0.2) is 46.7 Å². The maximum absolute atomic E-state index is 13.1. The maximum Gasteiger partial charge on any atom is 0.253 e. The van der Waals surface area contributed by atoms with Gasteiger partial charge in [-0.05, 0) is 48.4 Å². The van der Waals surface area contributed by atoms with Gasteiger partial charge in [-0.1, -0.05) is 12.1 Å². The summed E-state index contributed by atoms with van der Waals surface area (Å²) in [6.45, 7) is 1.48. The highest BCUT2D eigenvalue weighted by Crippen LogP contribution is 2.28. The third-order valence-electron chi connectivity index (χ3n) is 5.29. The standard InChI is InChI=1S/C23H23FN2O3S/c24-19-5-1-16(2-6-19)18-9-10-26(12-18)23(28)17-3-7-22(8-4-17)29-13-21(27)11-20-14-30-15-25-20/h1-8,14-15,18,21,27H,9-13H2. The largest absolute Gasteiger partial charge is 0.491 e. The lowest BCUT2D eigenvalue weighted by atomic mass is 9.99. The number of benzene rings is 2. The Morgan fingerprint density at radius 1 is 1.23 bits per heavy atom. The summed E-state index contributed by atoms with van der Waals surface area (Å²) in [6.07, 6.45) is 0.682. The van der Waals surface area contributed by atoms with Gasteiger partial charge in [-0.25, -0.2) is 9.37 Å². The van der Waals surface area contributed by atoms with Crippen LogP contribution in [0.5, 0.6) is 5.75 Å². The van der Waals surface area contributed by atoms with Crippen molar-refractivity contribution in [2.75, 3.05) is 19.7 Å². The van der Waals surface area contributed by atoms with E-state index in [1.165, 1.54) is 23.5 Å². The number of hydrogen-bond donors (Lipinski definition) is 1. The SMILES string of the molecule is O=C(c1ccc(OCC(O)Cc2cscn2)cc1)N1CCC(c2ccc(F)cc2)C1. The minimum absolute atomic E-state index is 0.0188. The summed E-state index contributed by atoms with van der Waals surface area (Å²) in [4.78, 5) is 18.8. The van der Waals surface area contributed by atoms with Crippen molar-refractivity contribution in [3.63, 3.8) is 0 Å². The predicted molar refractivity (Wildman–Crippen MR) is 113 cm³/mol. The third-order valence-corrected chi connectivity index (χ3v) is 5.92. The zero-order valence-corrected chi connectivity index (χ0v) is 17.2. The molecule has 30 heavy (non-hydrogen) atoms. The Labute approximate surface area is 178 Å². The lowest BCUT2D eigenvalue weighted by Gasteiger charge is -2.17. The van der Waals surface area contributed by atoms with Crippen molar-refractivity contribution < 1.29 is 19.0 Å². The normalized spacial score (nSPS) is 17.1. The van der Waals surface area contributed by atoms with E-state index in [9.17, 15) is 14.3 Å². The van der Waals surface area contributed by atoms with Gasteiger partial charge in [-0.2, -0.15) is 0 Å². The molecule has 0 spiro atoms. The molecule has 0 bridgehead atoms. The van der Waals surface area contributed by atoms with Gasteiger partial charge in [0.05, 0.1) is 17.3 Å². The van der Waals surface area contributed by atoms with Gasteiger partial charge in [-0.15, -0.1) is 11.3 Å². The first-order valence-corrected chi connectivity index (χ1v) is 10.9. The van der Waals surface area contributed by atoms with E-state index in [2.05, 4.69) is 4.98 Å². The van der Waals surface area contributed by atoms with E-state index in [0.717, 1.165) is 17.7 Å². The number of aliphatic hydroxyl groups excluding tert-OH is 1. The second kappa shape index (κ2) is 9.36. The fourth-order valence-corrected chi connectivity index (χ4v) is 4.23. The fourth-order valence-electron chi connectivity index (χ4n) is 3.66. The summed E-state index contributed by atoms with van der Waals surface area (Å²) >= 11 is 1.50. The second-order valence-electron chi connectivity index (χ2n) is 7.46.